The second-order valence-corrected chi connectivity index (χ2v) is 13.4. The molecule has 16 nitrogen and oxygen atoms in total. The third-order valence-electron chi connectivity index (χ3n) is 9.18. The van der Waals surface area contributed by atoms with E-state index in [1.165, 1.54) is 14.2 Å². The van der Waals surface area contributed by atoms with E-state index < -0.39 is 24.0 Å². The number of carbonyl (C=O) groups excluding carboxylic acids is 4. The van der Waals surface area contributed by atoms with Crippen molar-refractivity contribution >= 4 is 82.0 Å². The van der Waals surface area contributed by atoms with Gasteiger partial charge < -0.3 is 52.5 Å². The molecule has 0 spiro atoms. The summed E-state index contributed by atoms with van der Waals surface area (Å²) in [5.41, 5.74) is 23.2. The molecule has 18 heteroatoms. The maximum Gasteiger partial charge on any atom is 0.328 e. The number of ether oxygens (including phenoxy) is 4. The Morgan fingerprint density at radius 2 is 0.950 bits per heavy atom. The van der Waals surface area contributed by atoms with E-state index in [0.29, 0.717) is 63.1 Å². The van der Waals surface area contributed by atoms with Gasteiger partial charge >= 0.3 is 11.9 Å². The Balaban J connectivity index is 0.00000620. The predicted octanol–water partition coefficient (Wildman–Crippen LogP) is 4.24. The van der Waals surface area contributed by atoms with Crippen molar-refractivity contribution < 1.29 is 38.1 Å². The average Bonchev–Trinajstić information content (AvgIpc) is 3.22. The van der Waals surface area contributed by atoms with Gasteiger partial charge in [-0.15, -0.1) is 24.8 Å². The van der Waals surface area contributed by atoms with Gasteiger partial charge in [0.2, 0.25) is 11.8 Å². The number of aliphatic imine (C=N–C) groups is 2. The molecular weight excluding hydrogens is 815 g/mol. The van der Waals surface area contributed by atoms with Gasteiger partial charge in [0, 0.05) is 37.1 Å². The number of hydrogen-bond donors (Lipinski definition) is 6. The molecule has 0 aromatic heterocycles. The van der Waals surface area contributed by atoms with E-state index in [1.54, 1.807) is 0 Å². The zero-order valence-corrected chi connectivity index (χ0v) is 35.5. The molecule has 0 bridgehead atoms. The number of methoxy groups -OCH3 is 2. The van der Waals surface area contributed by atoms with E-state index in [0.717, 1.165) is 32.7 Å². The predicted molar refractivity (Wildman–Crippen MR) is 239 cm³/mol. The third kappa shape index (κ3) is 15.3. The van der Waals surface area contributed by atoms with Crippen molar-refractivity contribution in [3.63, 3.8) is 0 Å². The van der Waals surface area contributed by atoms with Crippen molar-refractivity contribution in [1.82, 2.24) is 10.6 Å². The maximum absolute atomic E-state index is 12.9. The Labute approximate surface area is 362 Å². The summed E-state index contributed by atoms with van der Waals surface area (Å²) in [6.07, 6.45) is 2.53. The molecule has 0 aliphatic carbocycles. The second-order valence-electron chi connectivity index (χ2n) is 13.4. The van der Waals surface area contributed by atoms with Crippen LogP contribution in [0.3, 0.4) is 0 Å². The molecule has 0 radical (unpaired) electrons. The van der Waals surface area contributed by atoms with E-state index >= 15 is 0 Å². The summed E-state index contributed by atoms with van der Waals surface area (Å²) in [4.78, 5) is 58.3. The lowest BCUT2D eigenvalue weighted by Crippen LogP contribution is -2.41. The van der Waals surface area contributed by atoms with Gasteiger partial charge in [0.15, 0.2) is 11.9 Å². The van der Waals surface area contributed by atoms with Gasteiger partial charge in [-0.05, 0) is 72.2 Å². The van der Waals surface area contributed by atoms with Crippen LogP contribution in [0.2, 0.25) is 0 Å². The zero-order valence-electron chi connectivity index (χ0n) is 33.9. The minimum Gasteiger partial charge on any atom is -0.493 e. The Hall–Kier alpha value is -6.00. The molecule has 4 aromatic rings. The summed E-state index contributed by atoms with van der Waals surface area (Å²) in [6, 6.07) is 22.1. The van der Waals surface area contributed by atoms with Crippen LogP contribution in [-0.2, 0) is 28.7 Å². The highest BCUT2D eigenvalue weighted by atomic mass is 35.5. The molecule has 0 aliphatic rings. The molecule has 0 heterocycles. The van der Waals surface area contributed by atoms with Crippen molar-refractivity contribution in [2.75, 3.05) is 40.5 Å². The van der Waals surface area contributed by atoms with Gasteiger partial charge in [-0.3, -0.25) is 19.6 Å². The lowest BCUT2D eigenvalue weighted by molar-refractivity contribution is -0.145. The van der Waals surface area contributed by atoms with Crippen LogP contribution in [0.1, 0.15) is 51.4 Å². The van der Waals surface area contributed by atoms with E-state index in [4.69, 9.17) is 41.9 Å². The van der Waals surface area contributed by atoms with E-state index in [2.05, 4.69) is 20.6 Å². The molecular formula is C42H56Cl2N8O8. The number of hydrogen-bond acceptors (Lipinski definition) is 10. The zero-order chi connectivity index (χ0) is 41.9. The van der Waals surface area contributed by atoms with Crippen LogP contribution in [0, 0.1) is 0 Å². The maximum atomic E-state index is 12.9. The molecule has 4 aromatic carbocycles. The summed E-state index contributed by atoms with van der Waals surface area (Å²) in [5, 5.41) is 9.36. The quantitative estimate of drug-likeness (QED) is 0.0265. The van der Waals surface area contributed by atoms with E-state index in [1.807, 2.05) is 72.8 Å². The van der Waals surface area contributed by atoms with Crippen molar-refractivity contribution in [2.45, 2.75) is 63.5 Å². The number of nitrogens with zero attached hydrogens (tertiary/aromatic N) is 2. The van der Waals surface area contributed by atoms with Crippen LogP contribution in [0.25, 0.3) is 32.7 Å². The fraction of sp³-hybridized carbons (Fsp3) is 0.381. The Morgan fingerprint density at radius 1 is 0.567 bits per heavy atom. The Morgan fingerprint density at radius 3 is 1.32 bits per heavy atom. The molecule has 2 amide bonds. The van der Waals surface area contributed by atoms with Gasteiger partial charge in [-0.2, -0.15) is 0 Å². The summed E-state index contributed by atoms with van der Waals surface area (Å²) in [5.74, 6) is -0.630. The lowest BCUT2D eigenvalue weighted by Gasteiger charge is -2.20. The van der Waals surface area contributed by atoms with Crippen LogP contribution in [-0.4, -0.2) is 88.3 Å². The first-order chi connectivity index (χ1) is 28.0. The summed E-state index contributed by atoms with van der Waals surface area (Å²) in [6.45, 7) is 1.06. The number of nitrogens with two attached hydrogens (primary N) is 4. The first-order valence-corrected chi connectivity index (χ1v) is 19.2. The van der Waals surface area contributed by atoms with Gasteiger partial charge in [-0.1, -0.05) is 60.7 Å². The average molecular weight is 872 g/mol. The highest BCUT2D eigenvalue weighted by Crippen LogP contribution is 2.45. The normalized spacial score (nSPS) is 11.4. The van der Waals surface area contributed by atoms with Crippen LogP contribution < -0.4 is 43.0 Å². The number of carbonyl (C=O) groups is 4. The molecule has 0 aliphatic heterocycles. The summed E-state index contributed by atoms with van der Waals surface area (Å²) >= 11 is 0. The van der Waals surface area contributed by atoms with Crippen molar-refractivity contribution in [3.8, 4) is 22.6 Å². The van der Waals surface area contributed by atoms with Gasteiger partial charge in [0.05, 0.1) is 27.4 Å². The molecule has 60 heavy (non-hydrogen) atoms. The summed E-state index contributed by atoms with van der Waals surface area (Å²) < 4.78 is 22.6. The van der Waals surface area contributed by atoms with Gasteiger partial charge in [-0.25, -0.2) is 9.59 Å². The summed E-state index contributed by atoms with van der Waals surface area (Å²) in [7, 11) is 2.54. The molecule has 2 atom stereocenters. The van der Waals surface area contributed by atoms with Crippen LogP contribution in [0.4, 0.5) is 0 Å². The number of halogens is 2. The van der Waals surface area contributed by atoms with Crippen molar-refractivity contribution in [1.29, 1.82) is 0 Å². The first-order valence-electron chi connectivity index (χ1n) is 19.2. The third-order valence-corrected chi connectivity index (χ3v) is 9.18. The Bertz CT molecular complexity index is 1950. The minimum absolute atomic E-state index is 0. The standard InChI is InChI=1S/C42H54N8O8.2ClH/c1-55-39(53)31(15-7-23-47-41(43)44)49-35(51)17-9-25-57-33-21-19-27-11-3-5-13-29(27)37(33)38-30-14-6-4-12-28(30)20-22-34(38)58-26-10-18-36(52)50-32(40(54)56-2)16-8-24-48-42(45)46;;/h3-6,11-14,19-22,31-32H,7-10,15-18,23-26H2,1-2H3,(H,49,51)(H,50,52)(H4,43,44,47)(H4,45,46,48);2*1H/t31-,32-;;/m1../s1. The highest BCUT2D eigenvalue weighted by molar-refractivity contribution is 6.09. The van der Waals surface area contributed by atoms with Crippen LogP contribution >= 0.6 is 24.8 Å². The number of fused-ring (bicyclic) bond motifs is 2. The van der Waals surface area contributed by atoms with Gasteiger partial charge in [0.1, 0.15) is 23.6 Å². The van der Waals surface area contributed by atoms with Crippen LogP contribution in [0.15, 0.2) is 82.8 Å². The smallest absolute Gasteiger partial charge is 0.328 e. The molecule has 10 N–H and O–H groups in total. The lowest BCUT2D eigenvalue weighted by atomic mass is 9.92. The largest absolute Gasteiger partial charge is 0.493 e. The number of esters is 2. The fourth-order valence-corrected chi connectivity index (χ4v) is 6.41. The number of benzene rings is 4. The molecule has 0 saturated heterocycles. The van der Waals surface area contributed by atoms with Crippen molar-refractivity contribution in [3.05, 3.63) is 72.8 Å². The molecule has 0 saturated carbocycles. The van der Waals surface area contributed by atoms with E-state index in [-0.39, 0.29) is 74.6 Å². The van der Waals surface area contributed by atoms with E-state index in [9.17, 15) is 19.2 Å². The highest BCUT2D eigenvalue weighted by Gasteiger charge is 2.23. The molecule has 326 valence electrons. The minimum atomic E-state index is -0.830. The Kier molecular flexibility index (Phi) is 21.9. The number of rotatable bonds is 23. The SMILES string of the molecule is COC(=O)[C@@H](CCCN=C(N)N)NC(=O)CCCOc1ccc2ccccc2c1-c1c(OCCCC(=O)N[C@H](CCCN=C(N)N)C(=O)OC)ccc2ccccc12.Cl.Cl. The number of amides is 2. The monoisotopic (exact) mass is 870 g/mol. The topological polar surface area (TPSA) is 258 Å². The van der Waals surface area contributed by atoms with Crippen LogP contribution in [0.5, 0.6) is 11.5 Å². The van der Waals surface area contributed by atoms with Gasteiger partial charge in [0.25, 0.3) is 0 Å². The second kappa shape index (κ2) is 26.2. The van der Waals surface area contributed by atoms with Crippen molar-refractivity contribution in [2.24, 2.45) is 32.9 Å². The fourth-order valence-electron chi connectivity index (χ4n) is 6.41. The molecule has 0 unspecified atom stereocenters. The molecule has 4 rings (SSSR count). The molecule has 0 fully saturated rings. The first kappa shape index (κ1) is 50.1. The number of guanidine groups is 2. The number of nitrogens with one attached hydrogen (secondary N) is 2.